The summed E-state index contributed by atoms with van der Waals surface area (Å²) in [5.74, 6) is 0.779. The maximum absolute atomic E-state index is 12.1. The van der Waals surface area contributed by atoms with Crippen LogP contribution in [0.1, 0.15) is 0 Å². The molecular weight excluding hydrogens is 284 g/mol. The highest BCUT2D eigenvalue weighted by Gasteiger charge is 2.22. The van der Waals surface area contributed by atoms with Crippen molar-refractivity contribution in [3.63, 3.8) is 0 Å². The van der Waals surface area contributed by atoms with Crippen molar-refractivity contribution in [2.24, 2.45) is 0 Å². The normalized spacial score (nSPS) is 18.4. The van der Waals surface area contributed by atoms with Gasteiger partial charge in [0.05, 0.1) is 38.1 Å². The molecule has 0 radical (unpaired) electrons. The molecule has 20 heavy (non-hydrogen) atoms. The second kappa shape index (κ2) is 6.78. The van der Waals surface area contributed by atoms with Crippen molar-refractivity contribution in [1.29, 1.82) is 0 Å². The molecule has 1 fully saturated rings. The first-order valence-electron chi connectivity index (χ1n) is 6.19. The van der Waals surface area contributed by atoms with Crippen LogP contribution in [0, 0.1) is 0 Å². The Bertz CT molecular complexity index is 490. The van der Waals surface area contributed by atoms with Crippen LogP contribution < -0.4 is 20.1 Å². The largest absolute Gasteiger partial charge is 0.495 e. The SMILES string of the molecule is COc1cc(OC)c(NC(=O)C2COCCN2)cc1Cl. The topological polar surface area (TPSA) is 68.8 Å². The van der Waals surface area contributed by atoms with Crippen LogP contribution >= 0.6 is 11.6 Å². The van der Waals surface area contributed by atoms with Gasteiger partial charge in [-0.3, -0.25) is 4.79 Å². The lowest BCUT2D eigenvalue weighted by Crippen LogP contribution is -2.48. The summed E-state index contributed by atoms with van der Waals surface area (Å²) < 4.78 is 15.6. The van der Waals surface area contributed by atoms with Gasteiger partial charge in [-0.25, -0.2) is 0 Å². The van der Waals surface area contributed by atoms with Gasteiger partial charge >= 0.3 is 0 Å². The molecule has 1 saturated heterocycles. The maximum atomic E-state index is 12.1. The van der Waals surface area contributed by atoms with Crippen LogP contribution in [0.5, 0.6) is 11.5 Å². The van der Waals surface area contributed by atoms with E-state index in [1.807, 2.05) is 0 Å². The number of rotatable bonds is 4. The molecule has 7 heteroatoms. The Balaban J connectivity index is 2.15. The lowest BCUT2D eigenvalue weighted by Gasteiger charge is -2.23. The van der Waals surface area contributed by atoms with Gasteiger partial charge in [0.2, 0.25) is 5.91 Å². The fraction of sp³-hybridized carbons (Fsp3) is 0.462. The van der Waals surface area contributed by atoms with Crippen molar-refractivity contribution in [1.82, 2.24) is 5.32 Å². The molecule has 0 saturated carbocycles. The highest BCUT2D eigenvalue weighted by molar-refractivity contribution is 6.32. The number of hydrogen-bond acceptors (Lipinski definition) is 5. The van der Waals surface area contributed by atoms with E-state index in [0.717, 1.165) is 0 Å². The first-order valence-corrected chi connectivity index (χ1v) is 6.57. The number of amides is 1. The van der Waals surface area contributed by atoms with Gasteiger partial charge in [0.25, 0.3) is 0 Å². The Morgan fingerprint density at radius 2 is 2.15 bits per heavy atom. The van der Waals surface area contributed by atoms with E-state index in [1.54, 1.807) is 12.1 Å². The highest BCUT2D eigenvalue weighted by Crippen LogP contribution is 2.35. The summed E-state index contributed by atoms with van der Waals surface area (Å²) in [5, 5.41) is 6.25. The minimum atomic E-state index is -0.380. The van der Waals surface area contributed by atoms with E-state index in [-0.39, 0.29) is 11.9 Å². The Morgan fingerprint density at radius 3 is 2.75 bits per heavy atom. The molecule has 1 aromatic rings. The first-order chi connectivity index (χ1) is 9.65. The Kier molecular flexibility index (Phi) is 5.05. The van der Waals surface area contributed by atoms with Crippen molar-refractivity contribution >= 4 is 23.2 Å². The van der Waals surface area contributed by atoms with Crippen molar-refractivity contribution < 1.29 is 19.0 Å². The molecule has 0 bridgehead atoms. The number of hydrogen-bond donors (Lipinski definition) is 2. The summed E-state index contributed by atoms with van der Waals surface area (Å²) in [5.41, 5.74) is 0.496. The smallest absolute Gasteiger partial charge is 0.244 e. The third kappa shape index (κ3) is 3.33. The van der Waals surface area contributed by atoms with Gasteiger partial charge in [0.15, 0.2) is 0 Å². The highest BCUT2D eigenvalue weighted by atomic mass is 35.5. The number of anilines is 1. The molecule has 1 unspecified atom stereocenters. The van der Waals surface area contributed by atoms with E-state index in [0.29, 0.717) is 42.0 Å². The van der Waals surface area contributed by atoms with Gasteiger partial charge < -0.3 is 24.8 Å². The average Bonchev–Trinajstić information content (AvgIpc) is 2.48. The van der Waals surface area contributed by atoms with E-state index in [4.69, 9.17) is 25.8 Å². The second-order valence-corrected chi connectivity index (χ2v) is 4.67. The lowest BCUT2D eigenvalue weighted by molar-refractivity contribution is -0.120. The van der Waals surface area contributed by atoms with Crippen molar-refractivity contribution in [2.75, 3.05) is 39.3 Å². The zero-order valence-electron chi connectivity index (χ0n) is 11.4. The van der Waals surface area contributed by atoms with Gasteiger partial charge in [0, 0.05) is 12.6 Å². The monoisotopic (exact) mass is 300 g/mol. The number of methoxy groups -OCH3 is 2. The number of morpholine rings is 1. The zero-order valence-corrected chi connectivity index (χ0v) is 12.1. The summed E-state index contributed by atoms with van der Waals surface area (Å²) >= 11 is 6.06. The summed E-state index contributed by atoms with van der Waals surface area (Å²) in [6.07, 6.45) is 0. The quantitative estimate of drug-likeness (QED) is 0.877. The van der Waals surface area contributed by atoms with Gasteiger partial charge in [-0.2, -0.15) is 0 Å². The van der Waals surface area contributed by atoms with Crippen LogP contribution in [0.3, 0.4) is 0 Å². The Hall–Kier alpha value is -1.50. The van der Waals surface area contributed by atoms with E-state index in [2.05, 4.69) is 10.6 Å². The zero-order chi connectivity index (χ0) is 14.5. The molecule has 2 N–H and O–H groups in total. The Morgan fingerprint density at radius 1 is 1.40 bits per heavy atom. The van der Waals surface area contributed by atoms with E-state index < -0.39 is 0 Å². The molecule has 1 aliphatic heterocycles. The third-order valence-corrected chi connectivity index (χ3v) is 3.27. The van der Waals surface area contributed by atoms with Crippen LogP contribution in [0.25, 0.3) is 0 Å². The summed E-state index contributed by atoms with van der Waals surface area (Å²) in [7, 11) is 3.03. The number of carbonyl (C=O) groups is 1. The molecule has 0 aliphatic carbocycles. The molecule has 110 valence electrons. The molecule has 0 spiro atoms. The molecule has 2 rings (SSSR count). The van der Waals surface area contributed by atoms with Crippen molar-refractivity contribution in [2.45, 2.75) is 6.04 Å². The van der Waals surface area contributed by atoms with Gasteiger partial charge in [-0.1, -0.05) is 11.6 Å². The fourth-order valence-electron chi connectivity index (χ4n) is 1.91. The number of carbonyl (C=O) groups excluding carboxylic acids is 1. The molecule has 0 aromatic heterocycles. The standard InChI is InChI=1S/C13H17ClN2O4/c1-18-11-6-12(19-2)9(5-8(11)14)16-13(17)10-7-20-4-3-15-10/h5-6,10,15H,3-4,7H2,1-2H3,(H,16,17). The van der Waals surface area contributed by atoms with Gasteiger partial charge in [-0.05, 0) is 6.07 Å². The molecule has 1 aromatic carbocycles. The second-order valence-electron chi connectivity index (χ2n) is 4.26. The van der Waals surface area contributed by atoms with Crippen molar-refractivity contribution in [3.8, 4) is 11.5 Å². The number of halogens is 1. The molecule has 1 aliphatic rings. The van der Waals surface area contributed by atoms with Crippen molar-refractivity contribution in [3.05, 3.63) is 17.2 Å². The van der Waals surface area contributed by atoms with Crippen LogP contribution in [0.15, 0.2) is 12.1 Å². The van der Waals surface area contributed by atoms with Gasteiger partial charge in [-0.15, -0.1) is 0 Å². The van der Waals surface area contributed by atoms with Crippen LogP contribution in [-0.2, 0) is 9.53 Å². The Labute approximate surface area is 122 Å². The molecular formula is C13H17ClN2O4. The van der Waals surface area contributed by atoms with E-state index >= 15 is 0 Å². The van der Waals surface area contributed by atoms with E-state index in [9.17, 15) is 4.79 Å². The van der Waals surface area contributed by atoms with E-state index in [1.165, 1.54) is 14.2 Å². The fourth-order valence-corrected chi connectivity index (χ4v) is 2.15. The first kappa shape index (κ1) is 14.9. The number of nitrogens with one attached hydrogen (secondary N) is 2. The average molecular weight is 301 g/mol. The number of benzene rings is 1. The maximum Gasteiger partial charge on any atom is 0.244 e. The van der Waals surface area contributed by atoms with Crippen LogP contribution in [-0.4, -0.2) is 45.9 Å². The predicted octanol–water partition coefficient (Wildman–Crippen LogP) is 1.28. The summed E-state index contributed by atoms with van der Waals surface area (Å²) in [6.45, 7) is 1.61. The number of ether oxygens (including phenoxy) is 3. The molecule has 6 nitrogen and oxygen atoms in total. The van der Waals surface area contributed by atoms with Crippen LogP contribution in [0.2, 0.25) is 5.02 Å². The molecule has 1 heterocycles. The third-order valence-electron chi connectivity index (χ3n) is 2.97. The summed E-state index contributed by atoms with van der Waals surface area (Å²) in [4.78, 5) is 12.1. The molecule has 1 amide bonds. The van der Waals surface area contributed by atoms with Gasteiger partial charge in [0.1, 0.15) is 17.5 Å². The molecule has 1 atom stereocenters. The predicted molar refractivity (Wildman–Crippen MR) is 75.8 cm³/mol. The minimum Gasteiger partial charge on any atom is -0.495 e. The van der Waals surface area contributed by atoms with Crippen LogP contribution in [0.4, 0.5) is 5.69 Å². The minimum absolute atomic E-state index is 0.191. The lowest BCUT2D eigenvalue weighted by atomic mass is 10.2. The summed E-state index contributed by atoms with van der Waals surface area (Å²) in [6, 6.07) is 2.85.